The topological polar surface area (TPSA) is 59.1 Å². The van der Waals surface area contributed by atoms with Gasteiger partial charge < -0.3 is 10.8 Å². The van der Waals surface area contributed by atoms with Crippen LogP contribution in [0.3, 0.4) is 0 Å². The molecule has 0 bridgehead atoms. The molecule has 0 amide bonds. The third-order valence-electron chi connectivity index (χ3n) is 2.37. The summed E-state index contributed by atoms with van der Waals surface area (Å²) >= 11 is 1.68. The van der Waals surface area contributed by atoms with Crippen LogP contribution in [-0.4, -0.2) is 16.6 Å². The Kier molecular flexibility index (Phi) is 3.00. The Morgan fingerprint density at radius 2 is 2.33 bits per heavy atom. The first-order chi connectivity index (χ1) is 7.24. The SMILES string of the molecule is CCc1nc2ccc(C(O)CN)cc2s1. The number of aryl methyl sites for hydroxylation is 1. The number of aromatic nitrogens is 1. The second-order valence-electron chi connectivity index (χ2n) is 3.44. The molecule has 4 heteroatoms. The lowest BCUT2D eigenvalue weighted by atomic mass is 10.1. The molecule has 3 nitrogen and oxygen atoms in total. The standard InChI is InChI=1S/C11H14N2OS/c1-2-11-13-8-4-3-7(9(14)6-12)5-10(8)15-11/h3-5,9,14H,2,6,12H2,1H3. The number of hydrogen-bond acceptors (Lipinski definition) is 4. The summed E-state index contributed by atoms with van der Waals surface area (Å²) in [5, 5.41) is 10.7. The Bertz CT molecular complexity index is 467. The molecule has 1 unspecified atom stereocenters. The summed E-state index contributed by atoms with van der Waals surface area (Å²) in [6.07, 6.45) is 0.385. The van der Waals surface area contributed by atoms with Gasteiger partial charge in [0.05, 0.1) is 21.3 Å². The number of benzene rings is 1. The number of fused-ring (bicyclic) bond motifs is 1. The van der Waals surface area contributed by atoms with Crippen molar-refractivity contribution in [1.29, 1.82) is 0 Å². The Morgan fingerprint density at radius 1 is 1.53 bits per heavy atom. The van der Waals surface area contributed by atoms with Gasteiger partial charge in [-0.25, -0.2) is 4.98 Å². The average molecular weight is 222 g/mol. The van der Waals surface area contributed by atoms with Crippen molar-refractivity contribution < 1.29 is 5.11 Å². The van der Waals surface area contributed by atoms with Gasteiger partial charge in [-0.2, -0.15) is 0 Å². The van der Waals surface area contributed by atoms with E-state index in [-0.39, 0.29) is 6.54 Å². The molecule has 0 spiro atoms. The molecule has 0 radical (unpaired) electrons. The van der Waals surface area contributed by atoms with Gasteiger partial charge in [0, 0.05) is 6.54 Å². The van der Waals surface area contributed by atoms with Crippen LogP contribution in [0.1, 0.15) is 23.6 Å². The molecule has 0 aliphatic carbocycles. The zero-order chi connectivity index (χ0) is 10.8. The predicted octanol–water partition coefficient (Wildman–Crippen LogP) is 1.85. The molecule has 1 atom stereocenters. The third-order valence-corrected chi connectivity index (χ3v) is 3.53. The summed E-state index contributed by atoms with van der Waals surface area (Å²) < 4.78 is 1.12. The highest BCUT2D eigenvalue weighted by molar-refractivity contribution is 7.18. The van der Waals surface area contributed by atoms with Crippen LogP contribution in [0.2, 0.25) is 0 Å². The molecule has 1 aromatic heterocycles. The number of rotatable bonds is 3. The largest absolute Gasteiger partial charge is 0.387 e. The van der Waals surface area contributed by atoms with Gasteiger partial charge in [0.1, 0.15) is 0 Å². The maximum absolute atomic E-state index is 9.61. The number of aliphatic hydroxyl groups excluding tert-OH is 1. The molecule has 0 saturated carbocycles. The smallest absolute Gasteiger partial charge is 0.0935 e. The van der Waals surface area contributed by atoms with E-state index in [4.69, 9.17) is 5.73 Å². The van der Waals surface area contributed by atoms with Gasteiger partial charge >= 0.3 is 0 Å². The van der Waals surface area contributed by atoms with E-state index in [0.29, 0.717) is 0 Å². The van der Waals surface area contributed by atoms with E-state index in [1.165, 1.54) is 0 Å². The van der Waals surface area contributed by atoms with Gasteiger partial charge in [-0.3, -0.25) is 0 Å². The molecular weight excluding hydrogens is 208 g/mol. The van der Waals surface area contributed by atoms with Crippen molar-refractivity contribution in [2.75, 3.05) is 6.54 Å². The lowest BCUT2D eigenvalue weighted by Crippen LogP contribution is -2.11. The van der Waals surface area contributed by atoms with E-state index in [9.17, 15) is 5.11 Å². The lowest BCUT2D eigenvalue weighted by molar-refractivity contribution is 0.187. The van der Waals surface area contributed by atoms with Gasteiger partial charge in [-0.1, -0.05) is 13.0 Å². The Balaban J connectivity index is 2.45. The van der Waals surface area contributed by atoms with Crippen LogP contribution in [0.4, 0.5) is 0 Å². The maximum atomic E-state index is 9.61. The van der Waals surface area contributed by atoms with E-state index >= 15 is 0 Å². The molecule has 3 N–H and O–H groups in total. The lowest BCUT2D eigenvalue weighted by Gasteiger charge is -2.06. The van der Waals surface area contributed by atoms with Crippen LogP contribution in [0.15, 0.2) is 18.2 Å². The number of nitrogens with two attached hydrogens (primary N) is 1. The summed E-state index contributed by atoms with van der Waals surface area (Å²) in [6.45, 7) is 2.35. The van der Waals surface area contributed by atoms with Gasteiger partial charge in [-0.15, -0.1) is 11.3 Å². The van der Waals surface area contributed by atoms with Crippen LogP contribution in [0.5, 0.6) is 0 Å². The molecule has 0 aliphatic heterocycles. The third kappa shape index (κ3) is 2.02. The zero-order valence-electron chi connectivity index (χ0n) is 8.60. The summed E-state index contributed by atoms with van der Waals surface area (Å²) in [6, 6.07) is 5.81. The van der Waals surface area contributed by atoms with Crippen LogP contribution < -0.4 is 5.73 Å². The first-order valence-corrected chi connectivity index (χ1v) is 5.83. The number of hydrogen-bond donors (Lipinski definition) is 2. The maximum Gasteiger partial charge on any atom is 0.0935 e. The van der Waals surface area contributed by atoms with Crippen molar-refractivity contribution >= 4 is 21.6 Å². The molecule has 1 heterocycles. The fourth-order valence-corrected chi connectivity index (χ4v) is 2.44. The monoisotopic (exact) mass is 222 g/mol. The molecule has 15 heavy (non-hydrogen) atoms. The Labute approximate surface area is 92.6 Å². The summed E-state index contributed by atoms with van der Waals surface area (Å²) in [5.74, 6) is 0. The van der Waals surface area contributed by atoms with Crippen LogP contribution in [0, 0.1) is 0 Å². The van der Waals surface area contributed by atoms with Gasteiger partial charge in [-0.05, 0) is 24.1 Å². The highest BCUT2D eigenvalue weighted by Crippen LogP contribution is 2.25. The van der Waals surface area contributed by atoms with E-state index < -0.39 is 6.10 Å². The van der Waals surface area contributed by atoms with Crippen LogP contribution in [0.25, 0.3) is 10.2 Å². The van der Waals surface area contributed by atoms with Crippen molar-refractivity contribution in [3.63, 3.8) is 0 Å². The second kappa shape index (κ2) is 4.26. The zero-order valence-corrected chi connectivity index (χ0v) is 9.42. The first-order valence-electron chi connectivity index (χ1n) is 5.02. The molecular formula is C11H14N2OS. The molecule has 0 saturated heterocycles. The molecule has 2 aromatic rings. The minimum absolute atomic E-state index is 0.255. The fourth-order valence-electron chi connectivity index (χ4n) is 1.48. The highest BCUT2D eigenvalue weighted by Gasteiger charge is 2.08. The van der Waals surface area contributed by atoms with Crippen molar-refractivity contribution in [2.24, 2.45) is 5.73 Å². The van der Waals surface area contributed by atoms with E-state index in [1.807, 2.05) is 18.2 Å². The normalized spacial score (nSPS) is 13.3. The number of aliphatic hydroxyl groups is 1. The van der Waals surface area contributed by atoms with Crippen molar-refractivity contribution in [3.8, 4) is 0 Å². The fraction of sp³-hybridized carbons (Fsp3) is 0.364. The Morgan fingerprint density at radius 3 is 3.00 bits per heavy atom. The van der Waals surface area contributed by atoms with Crippen LogP contribution in [-0.2, 0) is 6.42 Å². The molecule has 0 aliphatic rings. The highest BCUT2D eigenvalue weighted by atomic mass is 32.1. The Hall–Kier alpha value is -0.970. The van der Waals surface area contributed by atoms with Crippen molar-refractivity contribution in [1.82, 2.24) is 4.98 Å². The predicted molar refractivity (Wildman–Crippen MR) is 63.0 cm³/mol. The average Bonchev–Trinajstić information content (AvgIpc) is 2.69. The number of nitrogens with zero attached hydrogens (tertiary/aromatic N) is 1. The molecule has 2 rings (SSSR count). The minimum Gasteiger partial charge on any atom is -0.387 e. The second-order valence-corrected chi connectivity index (χ2v) is 4.56. The van der Waals surface area contributed by atoms with Crippen molar-refractivity contribution in [3.05, 3.63) is 28.8 Å². The summed E-state index contributed by atoms with van der Waals surface area (Å²) in [4.78, 5) is 4.46. The van der Waals surface area contributed by atoms with Gasteiger partial charge in [0.15, 0.2) is 0 Å². The summed E-state index contributed by atoms with van der Waals surface area (Å²) in [7, 11) is 0. The summed E-state index contributed by atoms with van der Waals surface area (Å²) in [5.41, 5.74) is 7.29. The van der Waals surface area contributed by atoms with E-state index in [1.54, 1.807) is 11.3 Å². The first kappa shape index (κ1) is 10.5. The number of thiazole rings is 1. The van der Waals surface area contributed by atoms with Gasteiger partial charge in [0.25, 0.3) is 0 Å². The van der Waals surface area contributed by atoms with Gasteiger partial charge in [0.2, 0.25) is 0 Å². The molecule has 80 valence electrons. The van der Waals surface area contributed by atoms with Crippen molar-refractivity contribution in [2.45, 2.75) is 19.4 Å². The van der Waals surface area contributed by atoms with Crippen LogP contribution >= 0.6 is 11.3 Å². The van der Waals surface area contributed by atoms with E-state index in [0.717, 1.165) is 27.2 Å². The quantitative estimate of drug-likeness (QED) is 0.833. The minimum atomic E-state index is -0.568. The van der Waals surface area contributed by atoms with E-state index in [2.05, 4.69) is 11.9 Å². The molecule has 0 fully saturated rings. The molecule has 1 aromatic carbocycles.